The monoisotopic (exact) mass is 285 g/mol. The third-order valence-corrected chi connectivity index (χ3v) is 4.04. The summed E-state index contributed by atoms with van der Waals surface area (Å²) < 4.78 is 1.83. The van der Waals surface area contributed by atoms with E-state index in [-0.39, 0.29) is 17.9 Å². The average Bonchev–Trinajstić information content (AvgIpc) is 3.08. The van der Waals surface area contributed by atoms with E-state index in [1.807, 2.05) is 35.9 Å². The fourth-order valence-corrected chi connectivity index (χ4v) is 2.85. The molecule has 3 rings (SSSR count). The van der Waals surface area contributed by atoms with Crippen LogP contribution >= 0.6 is 0 Å². The maximum atomic E-state index is 12.4. The van der Waals surface area contributed by atoms with Crippen molar-refractivity contribution in [3.05, 3.63) is 30.6 Å². The van der Waals surface area contributed by atoms with E-state index in [1.165, 1.54) is 0 Å². The van der Waals surface area contributed by atoms with Crippen molar-refractivity contribution in [3.8, 4) is 11.4 Å². The zero-order valence-electron chi connectivity index (χ0n) is 12.0. The molecule has 110 valence electrons. The van der Waals surface area contributed by atoms with Crippen LogP contribution < -0.4 is 11.1 Å². The molecule has 0 saturated heterocycles. The molecular weight excluding hydrogens is 266 g/mol. The molecule has 6 nitrogen and oxygen atoms in total. The molecule has 2 unspecified atom stereocenters. The zero-order valence-corrected chi connectivity index (χ0v) is 12.0. The number of nitrogens with one attached hydrogen (secondary N) is 1. The lowest BCUT2D eigenvalue weighted by Gasteiger charge is -2.16. The summed E-state index contributed by atoms with van der Waals surface area (Å²) in [7, 11) is 1.88. The van der Waals surface area contributed by atoms with Crippen molar-refractivity contribution in [2.75, 3.05) is 5.32 Å². The molecular formula is C15H19N5O. The van der Waals surface area contributed by atoms with Crippen LogP contribution in [0.5, 0.6) is 0 Å². The Bertz CT molecular complexity index is 651. The fraction of sp³-hybridized carbons (Fsp3) is 0.400. The molecule has 1 aliphatic carbocycles. The Hall–Kier alpha value is -2.21. The van der Waals surface area contributed by atoms with Crippen LogP contribution in [0.15, 0.2) is 30.6 Å². The van der Waals surface area contributed by atoms with Gasteiger partial charge in [-0.05, 0) is 25.0 Å². The first-order valence-electron chi connectivity index (χ1n) is 7.16. The van der Waals surface area contributed by atoms with Gasteiger partial charge in [0.15, 0.2) is 5.82 Å². The number of para-hydroxylation sites is 1. The molecule has 2 atom stereocenters. The standard InChI is InChI=1S/C15H19N5O/c1-20-9-17-19-14(20)11-5-2-3-8-13(11)18-15(21)10-6-4-7-12(10)16/h2-3,5,8-10,12H,4,6-7,16H2,1H3,(H,18,21). The number of carbonyl (C=O) groups is 1. The van der Waals surface area contributed by atoms with Gasteiger partial charge in [-0.15, -0.1) is 10.2 Å². The van der Waals surface area contributed by atoms with Crippen molar-refractivity contribution in [2.45, 2.75) is 25.3 Å². The second kappa shape index (κ2) is 5.65. The fourth-order valence-electron chi connectivity index (χ4n) is 2.85. The van der Waals surface area contributed by atoms with Crippen molar-refractivity contribution < 1.29 is 4.79 Å². The van der Waals surface area contributed by atoms with Crippen molar-refractivity contribution in [1.29, 1.82) is 0 Å². The van der Waals surface area contributed by atoms with Gasteiger partial charge in [-0.2, -0.15) is 0 Å². The second-order valence-electron chi connectivity index (χ2n) is 5.50. The predicted octanol–water partition coefficient (Wildman–Crippen LogP) is 1.55. The molecule has 1 saturated carbocycles. The first kappa shape index (κ1) is 13.8. The molecule has 1 fully saturated rings. The highest BCUT2D eigenvalue weighted by Crippen LogP contribution is 2.29. The predicted molar refractivity (Wildman–Crippen MR) is 80.4 cm³/mol. The van der Waals surface area contributed by atoms with Gasteiger partial charge in [-0.3, -0.25) is 4.79 Å². The van der Waals surface area contributed by atoms with Crippen molar-refractivity contribution in [2.24, 2.45) is 18.7 Å². The Kier molecular flexibility index (Phi) is 3.70. The van der Waals surface area contributed by atoms with Crippen LogP contribution in [-0.2, 0) is 11.8 Å². The maximum absolute atomic E-state index is 12.4. The van der Waals surface area contributed by atoms with Crippen LogP contribution in [0.2, 0.25) is 0 Å². The van der Waals surface area contributed by atoms with Crippen LogP contribution in [0.25, 0.3) is 11.4 Å². The third kappa shape index (κ3) is 2.67. The minimum absolute atomic E-state index is 0.00498. The second-order valence-corrected chi connectivity index (χ2v) is 5.50. The summed E-state index contributed by atoms with van der Waals surface area (Å²) >= 11 is 0. The number of aryl methyl sites for hydroxylation is 1. The quantitative estimate of drug-likeness (QED) is 0.896. The number of nitrogens with two attached hydrogens (primary N) is 1. The number of hydrogen-bond acceptors (Lipinski definition) is 4. The number of aromatic nitrogens is 3. The van der Waals surface area contributed by atoms with Gasteiger partial charge in [-0.1, -0.05) is 18.6 Å². The Morgan fingerprint density at radius 3 is 2.86 bits per heavy atom. The zero-order chi connectivity index (χ0) is 14.8. The summed E-state index contributed by atoms with van der Waals surface area (Å²) in [6.07, 6.45) is 4.44. The highest BCUT2D eigenvalue weighted by Gasteiger charge is 2.30. The van der Waals surface area contributed by atoms with Crippen molar-refractivity contribution in [3.63, 3.8) is 0 Å². The smallest absolute Gasteiger partial charge is 0.229 e. The van der Waals surface area contributed by atoms with Crippen LogP contribution in [-0.4, -0.2) is 26.7 Å². The number of anilines is 1. The van der Waals surface area contributed by atoms with Gasteiger partial charge in [0, 0.05) is 18.7 Å². The number of rotatable bonds is 3. The van der Waals surface area contributed by atoms with Gasteiger partial charge in [0.1, 0.15) is 6.33 Å². The molecule has 1 heterocycles. The molecule has 6 heteroatoms. The Morgan fingerprint density at radius 2 is 2.19 bits per heavy atom. The summed E-state index contributed by atoms with van der Waals surface area (Å²) in [5.41, 5.74) is 7.61. The number of nitrogens with zero attached hydrogens (tertiary/aromatic N) is 3. The minimum atomic E-state index is -0.0995. The van der Waals surface area contributed by atoms with Crippen molar-refractivity contribution >= 4 is 11.6 Å². The molecule has 0 aliphatic heterocycles. The minimum Gasteiger partial charge on any atom is -0.327 e. The Balaban J connectivity index is 1.86. The lowest BCUT2D eigenvalue weighted by molar-refractivity contribution is -0.120. The summed E-state index contributed by atoms with van der Waals surface area (Å²) in [5, 5.41) is 11.0. The Morgan fingerprint density at radius 1 is 1.38 bits per heavy atom. The molecule has 3 N–H and O–H groups in total. The van der Waals surface area contributed by atoms with Crippen LogP contribution in [0.4, 0.5) is 5.69 Å². The third-order valence-electron chi connectivity index (χ3n) is 4.04. The van der Waals surface area contributed by atoms with Gasteiger partial charge in [0.05, 0.1) is 11.6 Å². The van der Waals surface area contributed by atoms with Gasteiger partial charge < -0.3 is 15.6 Å². The summed E-state index contributed by atoms with van der Waals surface area (Å²) in [4.78, 5) is 12.4. The summed E-state index contributed by atoms with van der Waals surface area (Å²) in [6.45, 7) is 0. The first-order valence-corrected chi connectivity index (χ1v) is 7.16. The van der Waals surface area contributed by atoms with Gasteiger partial charge >= 0.3 is 0 Å². The largest absolute Gasteiger partial charge is 0.327 e. The molecule has 1 aromatic heterocycles. The van der Waals surface area contributed by atoms with E-state index in [2.05, 4.69) is 15.5 Å². The van der Waals surface area contributed by atoms with Crippen LogP contribution in [0.3, 0.4) is 0 Å². The molecule has 0 bridgehead atoms. The summed E-state index contributed by atoms with van der Waals surface area (Å²) in [5.74, 6) is 0.619. The summed E-state index contributed by atoms with van der Waals surface area (Å²) in [6, 6.07) is 7.58. The molecule has 0 spiro atoms. The van der Waals surface area contributed by atoms with Crippen LogP contribution in [0, 0.1) is 5.92 Å². The molecule has 1 aliphatic rings. The Labute approximate surface area is 123 Å². The first-order chi connectivity index (χ1) is 10.2. The van der Waals surface area contributed by atoms with E-state index < -0.39 is 0 Å². The number of hydrogen-bond donors (Lipinski definition) is 2. The van der Waals surface area contributed by atoms with E-state index in [9.17, 15) is 4.79 Å². The highest BCUT2D eigenvalue weighted by molar-refractivity contribution is 5.96. The van der Waals surface area contributed by atoms with E-state index in [4.69, 9.17) is 5.73 Å². The van der Waals surface area contributed by atoms with Gasteiger partial charge in [-0.25, -0.2) is 0 Å². The van der Waals surface area contributed by atoms with E-state index >= 15 is 0 Å². The average molecular weight is 285 g/mol. The van der Waals surface area contributed by atoms with Gasteiger partial charge in [0.25, 0.3) is 0 Å². The maximum Gasteiger partial charge on any atom is 0.229 e. The highest BCUT2D eigenvalue weighted by atomic mass is 16.1. The molecule has 1 amide bonds. The van der Waals surface area contributed by atoms with Crippen LogP contribution in [0.1, 0.15) is 19.3 Å². The molecule has 2 aromatic rings. The normalized spacial score (nSPS) is 21.4. The number of carbonyl (C=O) groups excluding carboxylic acids is 1. The number of amides is 1. The lowest BCUT2D eigenvalue weighted by Crippen LogP contribution is -2.34. The van der Waals surface area contributed by atoms with E-state index in [1.54, 1.807) is 6.33 Å². The van der Waals surface area contributed by atoms with Gasteiger partial charge in [0.2, 0.25) is 5.91 Å². The SMILES string of the molecule is Cn1cnnc1-c1ccccc1NC(=O)C1CCCC1N. The van der Waals surface area contributed by atoms with E-state index in [0.717, 1.165) is 36.3 Å². The molecule has 21 heavy (non-hydrogen) atoms. The molecule has 1 aromatic carbocycles. The molecule has 0 radical (unpaired) electrons. The number of benzene rings is 1. The van der Waals surface area contributed by atoms with E-state index in [0.29, 0.717) is 0 Å². The lowest BCUT2D eigenvalue weighted by atomic mass is 10.0. The topological polar surface area (TPSA) is 85.8 Å². The van der Waals surface area contributed by atoms with Crippen molar-refractivity contribution in [1.82, 2.24) is 14.8 Å².